The van der Waals surface area contributed by atoms with Gasteiger partial charge in [0.1, 0.15) is 0 Å². The molecule has 1 aromatic carbocycles. The molecule has 1 amide bonds. The second kappa shape index (κ2) is 5.74. The van der Waals surface area contributed by atoms with Crippen LogP contribution in [0.3, 0.4) is 0 Å². The molecule has 0 bridgehead atoms. The van der Waals surface area contributed by atoms with Crippen molar-refractivity contribution in [3.63, 3.8) is 0 Å². The first kappa shape index (κ1) is 12.7. The monoisotopic (exact) mass is 258 g/mol. The van der Waals surface area contributed by atoms with E-state index in [4.69, 9.17) is 0 Å². The fourth-order valence-corrected chi connectivity index (χ4v) is 2.79. The van der Waals surface area contributed by atoms with E-state index in [0.29, 0.717) is 0 Å². The van der Waals surface area contributed by atoms with Crippen molar-refractivity contribution in [1.29, 1.82) is 0 Å². The fraction of sp³-hybridized carbons (Fsp3) is 0.562. The zero-order chi connectivity index (χ0) is 13.1. The molecule has 3 nitrogen and oxygen atoms in total. The number of carbonyl (C=O) groups excluding carboxylic acids is 1. The summed E-state index contributed by atoms with van der Waals surface area (Å²) >= 11 is 0. The molecule has 1 aliphatic heterocycles. The second-order valence-electron chi connectivity index (χ2n) is 5.86. The SMILES string of the molecule is O=C(NC(CC1CCC1)c1ccccc1)C1CNC1. The number of hydrogen-bond acceptors (Lipinski definition) is 2. The summed E-state index contributed by atoms with van der Waals surface area (Å²) in [6, 6.07) is 10.6. The Hall–Kier alpha value is -1.35. The minimum absolute atomic E-state index is 0.174. The minimum Gasteiger partial charge on any atom is -0.349 e. The number of amides is 1. The van der Waals surface area contributed by atoms with Gasteiger partial charge in [0.2, 0.25) is 5.91 Å². The lowest BCUT2D eigenvalue weighted by Crippen LogP contribution is -2.51. The van der Waals surface area contributed by atoms with Gasteiger partial charge in [0.15, 0.2) is 0 Å². The molecule has 0 spiro atoms. The third kappa shape index (κ3) is 2.98. The van der Waals surface area contributed by atoms with Gasteiger partial charge < -0.3 is 10.6 Å². The maximum absolute atomic E-state index is 12.1. The lowest BCUT2D eigenvalue weighted by molar-refractivity contribution is -0.127. The van der Waals surface area contributed by atoms with E-state index in [2.05, 4.69) is 34.9 Å². The molecule has 19 heavy (non-hydrogen) atoms. The Balaban J connectivity index is 1.66. The number of benzene rings is 1. The Kier molecular flexibility index (Phi) is 3.83. The third-order valence-corrected chi connectivity index (χ3v) is 4.46. The molecule has 1 unspecified atom stereocenters. The van der Waals surface area contributed by atoms with Gasteiger partial charge in [-0.2, -0.15) is 0 Å². The molecule has 2 N–H and O–H groups in total. The van der Waals surface area contributed by atoms with Gasteiger partial charge >= 0.3 is 0 Å². The van der Waals surface area contributed by atoms with Gasteiger partial charge in [0, 0.05) is 13.1 Å². The number of rotatable bonds is 5. The Morgan fingerprint density at radius 1 is 1.26 bits per heavy atom. The van der Waals surface area contributed by atoms with Crippen molar-refractivity contribution in [3.05, 3.63) is 35.9 Å². The Labute approximate surface area is 114 Å². The van der Waals surface area contributed by atoms with Crippen LogP contribution in [-0.4, -0.2) is 19.0 Å². The summed E-state index contributed by atoms with van der Waals surface area (Å²) < 4.78 is 0. The summed E-state index contributed by atoms with van der Waals surface area (Å²) in [6.07, 6.45) is 5.09. The summed E-state index contributed by atoms with van der Waals surface area (Å²) in [6.45, 7) is 1.66. The number of nitrogens with one attached hydrogen (secondary N) is 2. The first-order valence-electron chi connectivity index (χ1n) is 7.39. The Morgan fingerprint density at radius 3 is 2.53 bits per heavy atom. The van der Waals surface area contributed by atoms with Crippen molar-refractivity contribution in [3.8, 4) is 0 Å². The molecule has 3 rings (SSSR count). The smallest absolute Gasteiger partial charge is 0.226 e. The van der Waals surface area contributed by atoms with Crippen LogP contribution in [-0.2, 0) is 4.79 Å². The topological polar surface area (TPSA) is 41.1 Å². The molecule has 1 saturated heterocycles. The van der Waals surface area contributed by atoms with E-state index in [0.717, 1.165) is 25.4 Å². The number of carbonyl (C=O) groups is 1. The van der Waals surface area contributed by atoms with E-state index in [-0.39, 0.29) is 17.9 Å². The van der Waals surface area contributed by atoms with E-state index in [1.54, 1.807) is 0 Å². The maximum Gasteiger partial charge on any atom is 0.226 e. The van der Waals surface area contributed by atoms with Crippen molar-refractivity contribution >= 4 is 5.91 Å². The number of hydrogen-bond donors (Lipinski definition) is 2. The average molecular weight is 258 g/mol. The first-order chi connectivity index (χ1) is 9.33. The third-order valence-electron chi connectivity index (χ3n) is 4.46. The highest BCUT2D eigenvalue weighted by molar-refractivity contribution is 5.80. The Bertz CT molecular complexity index is 424. The standard InChI is InChI=1S/C16H22N2O/c19-16(14-10-17-11-14)18-15(9-12-5-4-6-12)13-7-2-1-3-8-13/h1-3,7-8,12,14-15,17H,4-6,9-11H2,(H,18,19). The van der Waals surface area contributed by atoms with Crippen LogP contribution in [0.1, 0.15) is 37.3 Å². The van der Waals surface area contributed by atoms with Crippen LogP contribution in [0.25, 0.3) is 0 Å². The largest absolute Gasteiger partial charge is 0.349 e. The first-order valence-corrected chi connectivity index (χ1v) is 7.39. The molecule has 1 saturated carbocycles. The lowest BCUT2D eigenvalue weighted by atomic mass is 9.79. The predicted molar refractivity (Wildman–Crippen MR) is 75.6 cm³/mol. The molecule has 1 aliphatic carbocycles. The molecule has 1 aromatic rings. The highest BCUT2D eigenvalue weighted by Gasteiger charge is 2.29. The van der Waals surface area contributed by atoms with Gasteiger partial charge in [-0.3, -0.25) is 4.79 Å². The quantitative estimate of drug-likeness (QED) is 0.850. The minimum atomic E-state index is 0.174. The van der Waals surface area contributed by atoms with Crippen molar-refractivity contribution in [2.45, 2.75) is 31.7 Å². The van der Waals surface area contributed by atoms with Gasteiger partial charge in [-0.05, 0) is 17.9 Å². The molecular formula is C16H22N2O. The van der Waals surface area contributed by atoms with Crippen molar-refractivity contribution < 1.29 is 4.79 Å². The second-order valence-corrected chi connectivity index (χ2v) is 5.86. The van der Waals surface area contributed by atoms with Crippen LogP contribution in [0.15, 0.2) is 30.3 Å². The summed E-state index contributed by atoms with van der Waals surface area (Å²) in [4.78, 5) is 12.1. The van der Waals surface area contributed by atoms with Crippen LogP contribution in [0.4, 0.5) is 0 Å². The molecule has 0 aromatic heterocycles. The zero-order valence-corrected chi connectivity index (χ0v) is 11.3. The maximum atomic E-state index is 12.1. The summed E-state index contributed by atoms with van der Waals surface area (Å²) in [5, 5.41) is 6.41. The molecule has 3 heteroatoms. The van der Waals surface area contributed by atoms with Gasteiger partial charge in [-0.15, -0.1) is 0 Å². The summed E-state index contributed by atoms with van der Waals surface area (Å²) in [5.74, 6) is 1.18. The van der Waals surface area contributed by atoms with Crippen molar-refractivity contribution in [2.24, 2.45) is 11.8 Å². The van der Waals surface area contributed by atoms with Crippen LogP contribution < -0.4 is 10.6 Å². The zero-order valence-electron chi connectivity index (χ0n) is 11.3. The molecule has 0 radical (unpaired) electrons. The Morgan fingerprint density at radius 2 is 2.00 bits per heavy atom. The molecule has 2 fully saturated rings. The van der Waals surface area contributed by atoms with Crippen molar-refractivity contribution in [1.82, 2.24) is 10.6 Å². The lowest BCUT2D eigenvalue weighted by Gasteiger charge is -2.33. The average Bonchev–Trinajstić information content (AvgIpc) is 2.31. The van der Waals surface area contributed by atoms with E-state index < -0.39 is 0 Å². The van der Waals surface area contributed by atoms with Gasteiger partial charge in [-0.25, -0.2) is 0 Å². The molecule has 1 atom stereocenters. The van der Waals surface area contributed by atoms with Crippen LogP contribution >= 0.6 is 0 Å². The van der Waals surface area contributed by atoms with Crippen LogP contribution in [0, 0.1) is 11.8 Å². The highest BCUT2D eigenvalue weighted by atomic mass is 16.2. The molecule has 2 aliphatic rings. The summed E-state index contributed by atoms with van der Waals surface area (Å²) in [7, 11) is 0. The van der Waals surface area contributed by atoms with E-state index in [9.17, 15) is 4.79 Å². The van der Waals surface area contributed by atoms with Gasteiger partial charge in [-0.1, -0.05) is 49.6 Å². The molecular weight excluding hydrogens is 236 g/mol. The highest BCUT2D eigenvalue weighted by Crippen LogP contribution is 2.34. The van der Waals surface area contributed by atoms with Gasteiger partial charge in [0.25, 0.3) is 0 Å². The van der Waals surface area contributed by atoms with Crippen LogP contribution in [0.2, 0.25) is 0 Å². The molecule has 102 valence electrons. The van der Waals surface area contributed by atoms with E-state index in [1.807, 2.05) is 6.07 Å². The van der Waals surface area contributed by atoms with E-state index >= 15 is 0 Å². The summed E-state index contributed by atoms with van der Waals surface area (Å²) in [5.41, 5.74) is 1.25. The predicted octanol–water partition coefficient (Wildman–Crippen LogP) is 2.25. The van der Waals surface area contributed by atoms with Gasteiger partial charge in [0.05, 0.1) is 12.0 Å². The van der Waals surface area contributed by atoms with Crippen molar-refractivity contribution in [2.75, 3.05) is 13.1 Å². The fourth-order valence-electron chi connectivity index (χ4n) is 2.79. The molecule has 1 heterocycles. The normalized spacial score (nSPS) is 21.3. The van der Waals surface area contributed by atoms with E-state index in [1.165, 1.54) is 24.8 Å². The van der Waals surface area contributed by atoms with Crippen LogP contribution in [0.5, 0.6) is 0 Å².